The van der Waals surface area contributed by atoms with Crippen molar-refractivity contribution in [2.45, 2.75) is 5.50 Å². The second-order valence-electron chi connectivity index (χ2n) is 3.24. The molecule has 0 bridgehead atoms. The van der Waals surface area contributed by atoms with Crippen molar-refractivity contribution in [1.82, 2.24) is 4.90 Å². The maximum absolute atomic E-state index is 11.4. The Morgan fingerprint density at radius 1 is 1.06 bits per heavy atom. The molecular formula is C11H7Cl2NO2. The summed E-state index contributed by atoms with van der Waals surface area (Å²) in [7, 11) is 0. The molecule has 2 amide bonds. The molecule has 0 fully saturated rings. The largest absolute Gasteiger partial charge is 0.269 e. The van der Waals surface area contributed by atoms with E-state index in [-0.39, 0.29) is 0 Å². The highest BCUT2D eigenvalue weighted by Gasteiger charge is 2.31. The van der Waals surface area contributed by atoms with Gasteiger partial charge in [0.2, 0.25) is 0 Å². The second-order valence-corrected chi connectivity index (χ2v) is 4.06. The van der Waals surface area contributed by atoms with Crippen LogP contribution < -0.4 is 0 Å². The minimum Gasteiger partial charge on any atom is -0.269 e. The Labute approximate surface area is 102 Å². The third-order valence-electron chi connectivity index (χ3n) is 2.23. The third-order valence-corrected chi connectivity index (χ3v) is 3.01. The van der Waals surface area contributed by atoms with Crippen molar-refractivity contribution < 1.29 is 9.59 Å². The number of rotatable bonds is 2. The molecule has 1 aromatic rings. The Balaban J connectivity index is 2.33. The zero-order valence-corrected chi connectivity index (χ0v) is 9.57. The Bertz CT molecular complexity index is 467. The number of hydrogen-bond acceptors (Lipinski definition) is 2. The molecular weight excluding hydrogens is 249 g/mol. The molecule has 82 valence electrons. The number of carbonyl (C=O) groups is 2. The summed E-state index contributed by atoms with van der Waals surface area (Å²) in [6, 6.07) is 6.83. The van der Waals surface area contributed by atoms with E-state index in [4.69, 9.17) is 23.2 Å². The van der Waals surface area contributed by atoms with Crippen molar-refractivity contribution in [3.63, 3.8) is 0 Å². The summed E-state index contributed by atoms with van der Waals surface area (Å²) in [5, 5.41) is 0.426. The van der Waals surface area contributed by atoms with Crippen LogP contribution in [0.3, 0.4) is 0 Å². The fourth-order valence-electron chi connectivity index (χ4n) is 1.44. The minimum absolute atomic E-state index is 0.426. The highest BCUT2D eigenvalue weighted by atomic mass is 35.5. The van der Waals surface area contributed by atoms with Crippen molar-refractivity contribution in [3.8, 4) is 0 Å². The highest BCUT2D eigenvalue weighted by Crippen LogP contribution is 2.32. The van der Waals surface area contributed by atoms with Gasteiger partial charge in [-0.25, -0.2) is 0 Å². The van der Waals surface area contributed by atoms with Gasteiger partial charge in [-0.3, -0.25) is 14.5 Å². The summed E-state index contributed by atoms with van der Waals surface area (Å²) in [6.07, 6.45) is 2.38. The Kier molecular flexibility index (Phi) is 2.99. The molecule has 1 atom stereocenters. The molecule has 0 N–H and O–H groups in total. The molecule has 0 saturated heterocycles. The van der Waals surface area contributed by atoms with E-state index in [1.54, 1.807) is 24.3 Å². The van der Waals surface area contributed by atoms with Gasteiger partial charge in [-0.1, -0.05) is 41.4 Å². The summed E-state index contributed by atoms with van der Waals surface area (Å²) < 4.78 is 0. The fraction of sp³-hybridized carbons (Fsp3) is 0.0909. The van der Waals surface area contributed by atoms with E-state index in [1.807, 2.05) is 0 Å². The number of nitrogens with zero attached hydrogens (tertiary/aromatic N) is 1. The van der Waals surface area contributed by atoms with E-state index in [1.165, 1.54) is 12.2 Å². The van der Waals surface area contributed by atoms with Crippen LogP contribution in [0, 0.1) is 0 Å². The Hall–Kier alpha value is -1.32. The number of halogens is 2. The standard InChI is InChI=1S/C11H7Cl2NO2/c12-8-4-2-1-3-7(8)11(13)14-9(15)5-6-10(14)16/h1-6,11H. The first-order chi connectivity index (χ1) is 7.61. The molecule has 5 heteroatoms. The molecule has 0 aliphatic carbocycles. The lowest BCUT2D eigenvalue weighted by atomic mass is 10.2. The predicted molar refractivity (Wildman–Crippen MR) is 61.0 cm³/mol. The van der Waals surface area contributed by atoms with Gasteiger partial charge in [-0.15, -0.1) is 0 Å². The number of hydrogen-bond donors (Lipinski definition) is 0. The summed E-state index contributed by atoms with van der Waals surface area (Å²) in [4.78, 5) is 23.8. The first-order valence-electron chi connectivity index (χ1n) is 4.55. The summed E-state index contributed by atoms with van der Waals surface area (Å²) in [6.45, 7) is 0. The molecule has 0 saturated carbocycles. The molecule has 3 nitrogen and oxygen atoms in total. The molecule has 0 radical (unpaired) electrons. The van der Waals surface area contributed by atoms with Crippen LogP contribution in [-0.4, -0.2) is 16.7 Å². The van der Waals surface area contributed by atoms with E-state index >= 15 is 0 Å². The molecule has 0 spiro atoms. The van der Waals surface area contributed by atoms with Crippen molar-refractivity contribution in [3.05, 3.63) is 47.0 Å². The van der Waals surface area contributed by atoms with Gasteiger partial charge in [0.1, 0.15) is 5.50 Å². The van der Waals surface area contributed by atoms with Crippen LogP contribution in [0.4, 0.5) is 0 Å². The first-order valence-corrected chi connectivity index (χ1v) is 5.36. The zero-order chi connectivity index (χ0) is 11.7. The lowest BCUT2D eigenvalue weighted by molar-refractivity contribution is -0.137. The van der Waals surface area contributed by atoms with Crippen LogP contribution in [0.25, 0.3) is 0 Å². The van der Waals surface area contributed by atoms with Gasteiger partial charge < -0.3 is 0 Å². The number of benzene rings is 1. The summed E-state index contributed by atoms with van der Waals surface area (Å²) in [5.41, 5.74) is -0.333. The monoisotopic (exact) mass is 255 g/mol. The van der Waals surface area contributed by atoms with Crippen LogP contribution >= 0.6 is 23.2 Å². The predicted octanol–water partition coefficient (Wildman–Crippen LogP) is 2.50. The topological polar surface area (TPSA) is 37.4 Å². The molecule has 1 aliphatic heterocycles. The molecule has 1 aromatic carbocycles. The van der Waals surface area contributed by atoms with Crippen molar-refractivity contribution >= 4 is 35.0 Å². The molecule has 0 aromatic heterocycles. The van der Waals surface area contributed by atoms with Gasteiger partial charge in [0.15, 0.2) is 0 Å². The maximum Gasteiger partial charge on any atom is 0.255 e. The van der Waals surface area contributed by atoms with Gasteiger partial charge in [0.25, 0.3) is 11.8 Å². The number of imide groups is 1. The highest BCUT2D eigenvalue weighted by molar-refractivity contribution is 6.33. The van der Waals surface area contributed by atoms with E-state index in [0.717, 1.165) is 4.90 Å². The average molecular weight is 256 g/mol. The van der Waals surface area contributed by atoms with Crippen LogP contribution in [0.2, 0.25) is 5.02 Å². The summed E-state index contributed by atoms with van der Waals surface area (Å²) >= 11 is 12.0. The Morgan fingerprint density at radius 3 is 2.19 bits per heavy atom. The fourth-order valence-corrected chi connectivity index (χ4v) is 2.12. The average Bonchev–Trinajstić information content (AvgIpc) is 2.58. The Morgan fingerprint density at radius 2 is 1.62 bits per heavy atom. The molecule has 1 aliphatic rings. The smallest absolute Gasteiger partial charge is 0.255 e. The molecule has 2 rings (SSSR count). The van der Waals surface area contributed by atoms with E-state index in [9.17, 15) is 9.59 Å². The van der Waals surface area contributed by atoms with Crippen LogP contribution in [-0.2, 0) is 9.59 Å². The third kappa shape index (κ3) is 1.84. The molecule has 1 heterocycles. The summed E-state index contributed by atoms with van der Waals surface area (Å²) in [5.74, 6) is -0.852. The maximum atomic E-state index is 11.4. The van der Waals surface area contributed by atoms with Gasteiger partial charge in [-0.05, 0) is 6.07 Å². The number of amides is 2. The lowest BCUT2D eigenvalue weighted by Gasteiger charge is -2.21. The minimum atomic E-state index is -0.872. The van der Waals surface area contributed by atoms with Gasteiger partial charge in [0, 0.05) is 22.7 Å². The lowest BCUT2D eigenvalue weighted by Crippen LogP contribution is -2.31. The first kappa shape index (κ1) is 11.2. The van der Waals surface area contributed by atoms with Gasteiger partial charge in [0.05, 0.1) is 0 Å². The van der Waals surface area contributed by atoms with E-state index in [2.05, 4.69) is 0 Å². The van der Waals surface area contributed by atoms with E-state index < -0.39 is 17.3 Å². The van der Waals surface area contributed by atoms with E-state index in [0.29, 0.717) is 10.6 Å². The van der Waals surface area contributed by atoms with Crippen LogP contribution in [0.15, 0.2) is 36.4 Å². The van der Waals surface area contributed by atoms with Crippen molar-refractivity contribution in [2.75, 3.05) is 0 Å². The van der Waals surface area contributed by atoms with Crippen LogP contribution in [0.1, 0.15) is 11.1 Å². The SMILES string of the molecule is O=C1C=CC(=O)N1C(Cl)c1ccccc1Cl. The number of carbonyl (C=O) groups excluding carboxylic acids is 2. The normalized spacial score (nSPS) is 17.0. The van der Waals surface area contributed by atoms with Gasteiger partial charge >= 0.3 is 0 Å². The van der Waals surface area contributed by atoms with Crippen LogP contribution in [0.5, 0.6) is 0 Å². The number of alkyl halides is 1. The van der Waals surface area contributed by atoms with Gasteiger partial charge in [-0.2, -0.15) is 0 Å². The van der Waals surface area contributed by atoms with Crippen molar-refractivity contribution in [1.29, 1.82) is 0 Å². The molecule has 16 heavy (non-hydrogen) atoms. The van der Waals surface area contributed by atoms with Crippen molar-refractivity contribution in [2.24, 2.45) is 0 Å². The zero-order valence-electron chi connectivity index (χ0n) is 8.06. The molecule has 1 unspecified atom stereocenters. The quantitative estimate of drug-likeness (QED) is 0.463. The second kappa shape index (κ2) is 4.28.